The number of nitrogen functional groups attached to an aromatic ring is 1. The summed E-state index contributed by atoms with van der Waals surface area (Å²) in [4.78, 5) is 14.7. The van der Waals surface area contributed by atoms with E-state index >= 15 is 0 Å². The number of rotatable bonds is 2. The number of carbonyl (C=O) groups is 1. The van der Waals surface area contributed by atoms with Crippen molar-refractivity contribution in [3.05, 3.63) is 4.88 Å². The molecule has 0 saturated heterocycles. The Balaban J connectivity index is 3.33. The summed E-state index contributed by atoms with van der Waals surface area (Å²) in [6.07, 6.45) is 1.02. The second kappa shape index (κ2) is 3.08. The van der Waals surface area contributed by atoms with E-state index in [1.54, 1.807) is 0 Å². The molecule has 0 aromatic carbocycles. The molecule has 0 aliphatic heterocycles. The first kappa shape index (κ1) is 10.1. The molecule has 0 aliphatic carbocycles. The van der Waals surface area contributed by atoms with Crippen molar-refractivity contribution in [2.24, 2.45) is 0 Å². The first-order chi connectivity index (χ1) is 5.82. The average molecular weight is 220 g/mol. The summed E-state index contributed by atoms with van der Waals surface area (Å²) >= 11 is 0.801. The van der Waals surface area contributed by atoms with E-state index in [0.29, 0.717) is 0 Å². The minimum Gasteiger partial charge on any atom is -0.382 e. The fraction of sp³-hybridized carbons (Fsp3) is 0.333. The number of sulfone groups is 1. The lowest BCUT2D eigenvalue weighted by molar-refractivity contribution is 0.102. The largest absolute Gasteiger partial charge is 0.382 e. The Morgan fingerprint density at radius 3 is 2.31 bits per heavy atom. The summed E-state index contributed by atoms with van der Waals surface area (Å²) in [6.45, 7) is 1.32. The van der Waals surface area contributed by atoms with Gasteiger partial charge in [-0.1, -0.05) is 11.3 Å². The molecule has 0 aliphatic rings. The number of carbonyl (C=O) groups excluding carboxylic acids is 1. The number of hydrogen-bond donors (Lipinski definition) is 1. The fourth-order valence-electron chi connectivity index (χ4n) is 0.722. The van der Waals surface area contributed by atoms with Crippen molar-refractivity contribution in [3.63, 3.8) is 0 Å². The highest BCUT2D eigenvalue weighted by molar-refractivity contribution is 7.92. The third-order valence-corrected chi connectivity index (χ3v) is 4.12. The maximum absolute atomic E-state index is 11.0. The number of hydrogen-bond acceptors (Lipinski definition) is 6. The molecule has 1 rings (SSSR count). The van der Waals surface area contributed by atoms with Crippen molar-refractivity contribution in [1.29, 1.82) is 0 Å². The van der Waals surface area contributed by atoms with Gasteiger partial charge in [-0.3, -0.25) is 4.79 Å². The van der Waals surface area contributed by atoms with Gasteiger partial charge in [0.1, 0.15) is 10.7 Å². The lowest BCUT2D eigenvalue weighted by atomic mass is 10.4. The van der Waals surface area contributed by atoms with Crippen LogP contribution in [0.5, 0.6) is 0 Å². The fourth-order valence-corrected chi connectivity index (χ4v) is 2.45. The number of aromatic nitrogens is 1. The van der Waals surface area contributed by atoms with Crippen LogP contribution in [0.2, 0.25) is 0 Å². The summed E-state index contributed by atoms with van der Waals surface area (Å²) in [5, 5.41) is 0. The maximum Gasteiger partial charge on any atom is 0.211 e. The molecule has 13 heavy (non-hydrogen) atoms. The minimum absolute atomic E-state index is 0.0158. The molecule has 0 atom stereocenters. The Hall–Kier alpha value is -0.950. The van der Waals surface area contributed by atoms with E-state index in [1.165, 1.54) is 6.92 Å². The summed E-state index contributed by atoms with van der Waals surface area (Å²) < 4.78 is 21.9. The van der Waals surface area contributed by atoms with Gasteiger partial charge < -0.3 is 5.73 Å². The predicted molar refractivity (Wildman–Crippen MR) is 49.6 cm³/mol. The predicted octanol–water partition coefficient (Wildman–Crippen LogP) is 0.331. The summed E-state index contributed by atoms with van der Waals surface area (Å²) in [7, 11) is -3.36. The van der Waals surface area contributed by atoms with Crippen LogP contribution in [-0.2, 0) is 9.84 Å². The van der Waals surface area contributed by atoms with Crippen molar-refractivity contribution in [2.75, 3.05) is 12.0 Å². The molecular formula is C6H8N2O3S2. The number of anilines is 1. The van der Waals surface area contributed by atoms with Gasteiger partial charge in [-0.05, 0) is 0 Å². The van der Waals surface area contributed by atoms with Gasteiger partial charge in [0.2, 0.25) is 14.2 Å². The molecular weight excluding hydrogens is 212 g/mol. The molecule has 1 aromatic heterocycles. The molecule has 1 heterocycles. The zero-order valence-electron chi connectivity index (χ0n) is 7.07. The van der Waals surface area contributed by atoms with Gasteiger partial charge in [0.15, 0.2) is 5.78 Å². The summed E-state index contributed by atoms with van der Waals surface area (Å²) in [5.41, 5.74) is 5.35. The van der Waals surface area contributed by atoms with E-state index in [0.717, 1.165) is 17.6 Å². The van der Waals surface area contributed by atoms with Crippen LogP contribution in [0.15, 0.2) is 4.34 Å². The minimum atomic E-state index is -3.36. The van der Waals surface area contributed by atoms with Crippen molar-refractivity contribution in [2.45, 2.75) is 11.3 Å². The molecule has 0 spiro atoms. The van der Waals surface area contributed by atoms with Crippen LogP contribution in [0, 0.1) is 0 Å². The van der Waals surface area contributed by atoms with Gasteiger partial charge in [0.05, 0.1) is 0 Å². The molecule has 0 radical (unpaired) electrons. The van der Waals surface area contributed by atoms with Gasteiger partial charge >= 0.3 is 0 Å². The molecule has 7 heteroatoms. The van der Waals surface area contributed by atoms with Crippen LogP contribution < -0.4 is 5.73 Å². The number of nitrogens with zero attached hydrogens (tertiary/aromatic N) is 1. The summed E-state index contributed by atoms with van der Waals surface area (Å²) in [6, 6.07) is 0. The molecule has 0 amide bonds. The first-order valence-corrected chi connectivity index (χ1v) is 6.00. The number of ketones is 1. The van der Waals surface area contributed by atoms with Crippen molar-refractivity contribution in [3.8, 4) is 0 Å². The van der Waals surface area contributed by atoms with Gasteiger partial charge in [0.25, 0.3) is 0 Å². The molecule has 5 nitrogen and oxygen atoms in total. The van der Waals surface area contributed by atoms with E-state index in [4.69, 9.17) is 5.73 Å². The van der Waals surface area contributed by atoms with Crippen molar-refractivity contribution >= 4 is 32.8 Å². The zero-order valence-corrected chi connectivity index (χ0v) is 8.70. The van der Waals surface area contributed by atoms with Crippen LogP contribution in [0.1, 0.15) is 16.6 Å². The normalized spacial score (nSPS) is 11.5. The highest BCUT2D eigenvalue weighted by atomic mass is 32.2. The molecule has 1 aromatic rings. The van der Waals surface area contributed by atoms with Gasteiger partial charge in [0, 0.05) is 13.2 Å². The van der Waals surface area contributed by atoms with Gasteiger partial charge in [-0.25, -0.2) is 13.4 Å². The average Bonchev–Trinajstić information content (AvgIpc) is 2.29. The van der Waals surface area contributed by atoms with Crippen LogP contribution in [-0.4, -0.2) is 25.4 Å². The van der Waals surface area contributed by atoms with E-state index < -0.39 is 9.84 Å². The van der Waals surface area contributed by atoms with E-state index in [9.17, 15) is 13.2 Å². The molecule has 2 N–H and O–H groups in total. The number of Topliss-reactive ketones (excluding diaryl/α,β-unsaturated/α-hetero) is 1. The Labute approximate surface area is 79.5 Å². The monoisotopic (exact) mass is 220 g/mol. The molecule has 0 bridgehead atoms. The highest BCUT2D eigenvalue weighted by Gasteiger charge is 2.18. The molecule has 72 valence electrons. The van der Waals surface area contributed by atoms with E-state index in [1.807, 2.05) is 0 Å². The van der Waals surface area contributed by atoms with Crippen LogP contribution in [0.4, 0.5) is 5.82 Å². The molecule has 0 saturated carbocycles. The Morgan fingerprint density at radius 2 is 2.08 bits per heavy atom. The third-order valence-electron chi connectivity index (χ3n) is 1.27. The van der Waals surface area contributed by atoms with Crippen LogP contribution >= 0.6 is 11.3 Å². The first-order valence-electron chi connectivity index (χ1n) is 3.29. The topological polar surface area (TPSA) is 90.1 Å². The second-order valence-electron chi connectivity index (χ2n) is 2.52. The third kappa shape index (κ3) is 2.04. The summed E-state index contributed by atoms with van der Waals surface area (Å²) in [5.74, 6) is -0.289. The lowest BCUT2D eigenvalue weighted by Crippen LogP contribution is -1.97. The zero-order chi connectivity index (χ0) is 10.2. The maximum atomic E-state index is 11.0. The Morgan fingerprint density at radius 1 is 1.54 bits per heavy atom. The lowest BCUT2D eigenvalue weighted by Gasteiger charge is -1.86. The smallest absolute Gasteiger partial charge is 0.211 e. The molecule has 0 fully saturated rings. The van der Waals surface area contributed by atoms with E-state index in [2.05, 4.69) is 4.98 Å². The van der Waals surface area contributed by atoms with Crippen molar-refractivity contribution < 1.29 is 13.2 Å². The standard InChI is InChI=1S/C6H8N2O3S2/c1-3(9)4-5(7)8-6(12-4)13(2,10)11/h7H2,1-2H3. The highest BCUT2D eigenvalue weighted by Crippen LogP contribution is 2.24. The SMILES string of the molecule is CC(=O)c1sc(S(C)(=O)=O)nc1N. The number of nitrogens with two attached hydrogens (primary N) is 1. The Bertz CT molecular complexity index is 446. The van der Waals surface area contributed by atoms with Crippen LogP contribution in [0.3, 0.4) is 0 Å². The Kier molecular flexibility index (Phi) is 2.40. The molecule has 0 unspecified atom stereocenters. The van der Waals surface area contributed by atoms with Crippen molar-refractivity contribution in [1.82, 2.24) is 4.98 Å². The van der Waals surface area contributed by atoms with Crippen LogP contribution in [0.25, 0.3) is 0 Å². The van der Waals surface area contributed by atoms with Gasteiger partial charge in [-0.15, -0.1) is 0 Å². The second-order valence-corrected chi connectivity index (χ2v) is 5.71. The quantitative estimate of drug-likeness (QED) is 0.725. The number of thiazole rings is 1. The van der Waals surface area contributed by atoms with E-state index in [-0.39, 0.29) is 20.8 Å². The van der Waals surface area contributed by atoms with Gasteiger partial charge in [-0.2, -0.15) is 0 Å².